The number of furan rings is 1. The number of likely N-dealkylation sites (N-methyl/N-ethyl adjacent to an activating group) is 1. The zero-order valence-corrected chi connectivity index (χ0v) is 10.5. The van der Waals surface area contributed by atoms with Crippen molar-refractivity contribution >= 4 is 0 Å². The van der Waals surface area contributed by atoms with Crippen molar-refractivity contribution < 1.29 is 4.42 Å². The summed E-state index contributed by atoms with van der Waals surface area (Å²) >= 11 is 0. The molecule has 0 aromatic carbocycles. The van der Waals surface area contributed by atoms with Gasteiger partial charge in [0.05, 0.1) is 12.8 Å². The summed E-state index contributed by atoms with van der Waals surface area (Å²) < 4.78 is 5.44. The largest absolute Gasteiger partial charge is 0.468 e. The van der Waals surface area contributed by atoms with E-state index in [1.807, 2.05) is 6.07 Å². The normalized spacial score (nSPS) is 24.1. The second kappa shape index (κ2) is 5.02. The summed E-state index contributed by atoms with van der Waals surface area (Å²) in [7, 11) is 2.21. The van der Waals surface area contributed by atoms with Gasteiger partial charge in [-0.15, -0.1) is 0 Å². The van der Waals surface area contributed by atoms with E-state index in [1.165, 1.54) is 6.54 Å². The Balaban J connectivity index is 2.01. The summed E-state index contributed by atoms with van der Waals surface area (Å²) in [6.07, 6.45) is 1.76. The van der Waals surface area contributed by atoms with Crippen LogP contribution in [0.4, 0.5) is 0 Å². The molecule has 2 rings (SSSR count). The first-order chi connectivity index (χ1) is 7.66. The SMILES string of the molecule is CC(C)C1CN(C)CCN1Cc1ccco1. The van der Waals surface area contributed by atoms with Crippen LogP contribution >= 0.6 is 0 Å². The predicted octanol–water partition coefficient (Wildman–Crippen LogP) is 2.05. The van der Waals surface area contributed by atoms with Crippen LogP contribution in [-0.2, 0) is 6.54 Å². The van der Waals surface area contributed by atoms with E-state index in [4.69, 9.17) is 4.42 Å². The lowest BCUT2D eigenvalue weighted by Gasteiger charge is -2.41. The van der Waals surface area contributed by atoms with Crippen molar-refractivity contribution in [2.45, 2.75) is 26.4 Å². The standard InChI is InChI=1S/C13H22N2O/c1-11(2)13-10-14(3)6-7-15(13)9-12-5-4-8-16-12/h4-5,8,11,13H,6-7,9-10H2,1-3H3. The highest BCUT2D eigenvalue weighted by molar-refractivity contribution is 4.99. The van der Waals surface area contributed by atoms with Gasteiger partial charge in [-0.1, -0.05) is 13.8 Å². The highest BCUT2D eigenvalue weighted by Gasteiger charge is 2.27. The quantitative estimate of drug-likeness (QED) is 0.780. The summed E-state index contributed by atoms with van der Waals surface area (Å²) in [4.78, 5) is 4.97. The Kier molecular flexibility index (Phi) is 3.66. The van der Waals surface area contributed by atoms with E-state index in [-0.39, 0.29) is 0 Å². The lowest BCUT2D eigenvalue weighted by Crippen LogP contribution is -2.53. The fourth-order valence-electron chi connectivity index (χ4n) is 2.42. The van der Waals surface area contributed by atoms with Gasteiger partial charge < -0.3 is 9.32 Å². The van der Waals surface area contributed by atoms with Gasteiger partial charge in [0, 0.05) is 25.7 Å². The van der Waals surface area contributed by atoms with Crippen LogP contribution in [0.1, 0.15) is 19.6 Å². The average Bonchev–Trinajstić information content (AvgIpc) is 2.73. The molecule has 0 bridgehead atoms. The fourth-order valence-corrected chi connectivity index (χ4v) is 2.42. The van der Waals surface area contributed by atoms with E-state index in [0.29, 0.717) is 12.0 Å². The lowest BCUT2D eigenvalue weighted by atomic mass is 9.99. The second-order valence-corrected chi connectivity index (χ2v) is 5.12. The molecule has 90 valence electrons. The molecular formula is C13H22N2O. The summed E-state index contributed by atoms with van der Waals surface area (Å²) in [6.45, 7) is 9.02. The van der Waals surface area contributed by atoms with Crippen LogP contribution in [0.5, 0.6) is 0 Å². The van der Waals surface area contributed by atoms with Gasteiger partial charge in [-0.25, -0.2) is 0 Å². The molecule has 1 aromatic rings. The Labute approximate surface area is 98.0 Å². The smallest absolute Gasteiger partial charge is 0.117 e. The number of hydrogen-bond acceptors (Lipinski definition) is 3. The summed E-state index contributed by atoms with van der Waals surface area (Å²) in [5, 5.41) is 0. The van der Waals surface area contributed by atoms with Crippen LogP contribution in [0, 0.1) is 5.92 Å². The fraction of sp³-hybridized carbons (Fsp3) is 0.692. The van der Waals surface area contributed by atoms with Gasteiger partial charge in [0.2, 0.25) is 0 Å². The van der Waals surface area contributed by atoms with Gasteiger partial charge in [0.15, 0.2) is 0 Å². The molecule has 0 N–H and O–H groups in total. The Hall–Kier alpha value is -0.800. The van der Waals surface area contributed by atoms with Crippen molar-refractivity contribution in [1.29, 1.82) is 0 Å². The number of rotatable bonds is 3. The minimum Gasteiger partial charge on any atom is -0.468 e. The molecule has 2 heterocycles. The third kappa shape index (κ3) is 2.66. The van der Waals surface area contributed by atoms with E-state index >= 15 is 0 Å². The zero-order chi connectivity index (χ0) is 11.5. The van der Waals surface area contributed by atoms with E-state index < -0.39 is 0 Å². The molecule has 1 aliphatic heterocycles. The van der Waals surface area contributed by atoms with Crippen molar-refractivity contribution in [3.8, 4) is 0 Å². The summed E-state index contributed by atoms with van der Waals surface area (Å²) in [5.41, 5.74) is 0. The molecule has 0 amide bonds. The molecule has 0 radical (unpaired) electrons. The molecule has 1 unspecified atom stereocenters. The van der Waals surface area contributed by atoms with Crippen LogP contribution in [-0.4, -0.2) is 42.5 Å². The van der Waals surface area contributed by atoms with Crippen molar-refractivity contribution in [1.82, 2.24) is 9.80 Å². The lowest BCUT2D eigenvalue weighted by molar-refractivity contribution is 0.0520. The van der Waals surface area contributed by atoms with Gasteiger partial charge >= 0.3 is 0 Å². The van der Waals surface area contributed by atoms with E-state index in [0.717, 1.165) is 25.4 Å². The Morgan fingerprint density at radius 2 is 2.25 bits per heavy atom. The molecule has 3 nitrogen and oxygen atoms in total. The molecule has 1 aliphatic rings. The van der Waals surface area contributed by atoms with Crippen LogP contribution < -0.4 is 0 Å². The van der Waals surface area contributed by atoms with Gasteiger partial charge in [0.25, 0.3) is 0 Å². The van der Waals surface area contributed by atoms with Gasteiger partial charge in [-0.05, 0) is 25.1 Å². The number of hydrogen-bond donors (Lipinski definition) is 0. The predicted molar refractivity (Wildman–Crippen MR) is 65.2 cm³/mol. The molecule has 1 atom stereocenters. The van der Waals surface area contributed by atoms with Gasteiger partial charge in [-0.3, -0.25) is 4.90 Å². The topological polar surface area (TPSA) is 19.6 Å². The van der Waals surface area contributed by atoms with E-state index in [9.17, 15) is 0 Å². The number of piperazine rings is 1. The molecule has 1 aromatic heterocycles. The maximum atomic E-state index is 5.44. The first-order valence-corrected chi connectivity index (χ1v) is 6.12. The zero-order valence-electron chi connectivity index (χ0n) is 10.5. The third-order valence-corrected chi connectivity index (χ3v) is 3.45. The van der Waals surface area contributed by atoms with Crippen molar-refractivity contribution in [2.24, 2.45) is 5.92 Å². The molecule has 0 saturated carbocycles. The summed E-state index contributed by atoms with van der Waals surface area (Å²) in [5.74, 6) is 1.77. The molecule has 0 spiro atoms. The van der Waals surface area contributed by atoms with Crippen LogP contribution in [0.15, 0.2) is 22.8 Å². The molecule has 1 fully saturated rings. The minimum absolute atomic E-state index is 0.642. The Bertz CT molecular complexity index is 308. The van der Waals surface area contributed by atoms with Crippen molar-refractivity contribution in [3.63, 3.8) is 0 Å². The maximum Gasteiger partial charge on any atom is 0.117 e. The van der Waals surface area contributed by atoms with Crippen molar-refractivity contribution in [2.75, 3.05) is 26.7 Å². The molecule has 3 heteroatoms. The molecule has 16 heavy (non-hydrogen) atoms. The van der Waals surface area contributed by atoms with E-state index in [1.54, 1.807) is 6.26 Å². The molecule has 1 saturated heterocycles. The monoisotopic (exact) mass is 222 g/mol. The molecular weight excluding hydrogens is 200 g/mol. The Morgan fingerprint density at radius 3 is 2.88 bits per heavy atom. The Morgan fingerprint density at radius 1 is 1.44 bits per heavy atom. The number of nitrogens with zero attached hydrogens (tertiary/aromatic N) is 2. The van der Waals surface area contributed by atoms with Crippen molar-refractivity contribution in [3.05, 3.63) is 24.2 Å². The maximum absolute atomic E-state index is 5.44. The second-order valence-electron chi connectivity index (χ2n) is 5.12. The first-order valence-electron chi connectivity index (χ1n) is 6.12. The van der Waals surface area contributed by atoms with Crippen LogP contribution in [0.3, 0.4) is 0 Å². The highest BCUT2D eigenvalue weighted by atomic mass is 16.3. The molecule has 0 aliphatic carbocycles. The van der Waals surface area contributed by atoms with Gasteiger partial charge in [-0.2, -0.15) is 0 Å². The average molecular weight is 222 g/mol. The van der Waals surface area contributed by atoms with Crippen LogP contribution in [0.25, 0.3) is 0 Å². The minimum atomic E-state index is 0.642. The third-order valence-electron chi connectivity index (χ3n) is 3.45. The highest BCUT2D eigenvalue weighted by Crippen LogP contribution is 2.19. The first kappa shape index (κ1) is 11.7. The van der Waals surface area contributed by atoms with E-state index in [2.05, 4.69) is 36.8 Å². The van der Waals surface area contributed by atoms with Crippen LogP contribution in [0.2, 0.25) is 0 Å². The van der Waals surface area contributed by atoms with Gasteiger partial charge in [0.1, 0.15) is 5.76 Å². The summed E-state index contributed by atoms with van der Waals surface area (Å²) in [6, 6.07) is 4.68.